The molecule has 0 bridgehead atoms. The van der Waals surface area contributed by atoms with E-state index in [0.717, 1.165) is 25.7 Å². The van der Waals surface area contributed by atoms with Crippen molar-refractivity contribution in [1.29, 1.82) is 0 Å². The zero-order chi connectivity index (χ0) is 17.3. The average Bonchev–Trinajstić information content (AvgIpc) is 3.21. The van der Waals surface area contributed by atoms with Gasteiger partial charge in [0.2, 0.25) is 0 Å². The molecule has 25 heavy (non-hydrogen) atoms. The topological polar surface area (TPSA) is 59.0 Å². The van der Waals surface area contributed by atoms with Crippen LogP contribution in [0.25, 0.3) is 0 Å². The number of carboxylic acids is 1. The summed E-state index contributed by atoms with van der Waals surface area (Å²) in [5.41, 5.74) is 0.735. The minimum Gasteiger partial charge on any atom is -0.492 e. The van der Waals surface area contributed by atoms with Crippen LogP contribution in [0.4, 0.5) is 0 Å². The summed E-state index contributed by atoms with van der Waals surface area (Å²) in [4.78, 5) is 13.7. The lowest BCUT2D eigenvalue weighted by molar-refractivity contribution is -0.00137. The van der Waals surface area contributed by atoms with Gasteiger partial charge in [0.1, 0.15) is 12.4 Å². The SMILES string of the molecule is O=C(O)c1cccc(OCCN2CC3(CCOCC3)[C@@H]3CCC[C@@H]32)c1. The molecule has 1 saturated carbocycles. The summed E-state index contributed by atoms with van der Waals surface area (Å²) < 4.78 is 11.5. The third-order valence-electron chi connectivity index (χ3n) is 6.47. The van der Waals surface area contributed by atoms with Crippen LogP contribution in [0, 0.1) is 11.3 Å². The van der Waals surface area contributed by atoms with Gasteiger partial charge >= 0.3 is 5.97 Å². The maximum Gasteiger partial charge on any atom is 0.335 e. The minimum atomic E-state index is -0.916. The predicted octanol–water partition coefficient (Wildman–Crippen LogP) is 3.04. The van der Waals surface area contributed by atoms with Gasteiger partial charge in [-0.3, -0.25) is 4.90 Å². The third-order valence-corrected chi connectivity index (χ3v) is 6.47. The molecule has 1 aromatic rings. The van der Waals surface area contributed by atoms with Crippen molar-refractivity contribution in [3.05, 3.63) is 29.8 Å². The van der Waals surface area contributed by atoms with Crippen LogP contribution in [0.2, 0.25) is 0 Å². The summed E-state index contributed by atoms with van der Waals surface area (Å²) in [7, 11) is 0. The van der Waals surface area contributed by atoms with Gasteiger partial charge in [0.05, 0.1) is 5.56 Å². The molecule has 1 aliphatic carbocycles. The van der Waals surface area contributed by atoms with Crippen molar-refractivity contribution in [2.45, 2.75) is 38.1 Å². The van der Waals surface area contributed by atoms with Crippen LogP contribution in [-0.2, 0) is 4.74 Å². The largest absolute Gasteiger partial charge is 0.492 e. The van der Waals surface area contributed by atoms with Gasteiger partial charge in [-0.25, -0.2) is 4.79 Å². The number of rotatable bonds is 5. The number of hydrogen-bond acceptors (Lipinski definition) is 4. The quantitative estimate of drug-likeness (QED) is 0.889. The van der Waals surface area contributed by atoms with Gasteiger partial charge in [-0.1, -0.05) is 12.5 Å². The monoisotopic (exact) mass is 345 g/mol. The van der Waals surface area contributed by atoms with E-state index in [-0.39, 0.29) is 5.56 Å². The zero-order valence-electron chi connectivity index (χ0n) is 14.7. The molecule has 1 N–H and O–H groups in total. The van der Waals surface area contributed by atoms with Crippen molar-refractivity contribution in [2.24, 2.45) is 11.3 Å². The molecular formula is C20H27NO4. The predicted molar refractivity (Wildman–Crippen MR) is 94.1 cm³/mol. The number of hydrogen-bond donors (Lipinski definition) is 1. The van der Waals surface area contributed by atoms with E-state index in [1.807, 2.05) is 6.07 Å². The highest BCUT2D eigenvalue weighted by atomic mass is 16.5. The number of aromatic carboxylic acids is 1. The fraction of sp³-hybridized carbons (Fsp3) is 0.650. The zero-order valence-corrected chi connectivity index (χ0v) is 14.7. The molecule has 1 spiro atoms. The Balaban J connectivity index is 1.36. The van der Waals surface area contributed by atoms with Crippen molar-refractivity contribution in [1.82, 2.24) is 4.90 Å². The number of benzene rings is 1. The summed E-state index contributed by atoms with van der Waals surface area (Å²) in [6.07, 6.45) is 6.42. The summed E-state index contributed by atoms with van der Waals surface area (Å²) in [6, 6.07) is 7.46. The summed E-state index contributed by atoms with van der Waals surface area (Å²) in [5.74, 6) is 0.551. The van der Waals surface area contributed by atoms with Crippen LogP contribution >= 0.6 is 0 Å². The van der Waals surface area contributed by atoms with E-state index in [1.165, 1.54) is 38.6 Å². The van der Waals surface area contributed by atoms with Gasteiger partial charge in [-0.05, 0) is 55.2 Å². The number of ether oxygens (including phenoxy) is 2. The molecule has 2 aliphatic heterocycles. The molecule has 0 unspecified atom stereocenters. The van der Waals surface area contributed by atoms with Crippen LogP contribution in [0.1, 0.15) is 42.5 Å². The lowest BCUT2D eigenvalue weighted by Crippen LogP contribution is -2.37. The molecule has 2 atom stereocenters. The minimum absolute atomic E-state index is 0.274. The Kier molecular flexibility index (Phi) is 4.69. The van der Waals surface area contributed by atoms with E-state index in [2.05, 4.69) is 4.90 Å². The van der Waals surface area contributed by atoms with Gasteiger partial charge in [0.15, 0.2) is 0 Å². The van der Waals surface area contributed by atoms with E-state index in [9.17, 15) is 4.79 Å². The van der Waals surface area contributed by atoms with Crippen LogP contribution in [0.15, 0.2) is 24.3 Å². The average molecular weight is 345 g/mol. The molecule has 0 amide bonds. The number of nitrogens with zero attached hydrogens (tertiary/aromatic N) is 1. The first-order valence-electron chi connectivity index (χ1n) is 9.46. The number of fused-ring (bicyclic) bond motifs is 2. The highest BCUT2D eigenvalue weighted by Crippen LogP contribution is 2.53. The Bertz CT molecular complexity index is 626. The molecule has 136 valence electrons. The van der Waals surface area contributed by atoms with Crippen LogP contribution < -0.4 is 4.74 Å². The van der Waals surface area contributed by atoms with Gasteiger partial charge in [-0.15, -0.1) is 0 Å². The maximum absolute atomic E-state index is 11.1. The highest BCUT2D eigenvalue weighted by molar-refractivity contribution is 5.87. The summed E-state index contributed by atoms with van der Waals surface area (Å²) >= 11 is 0. The normalized spacial score (nSPS) is 28.2. The number of likely N-dealkylation sites (tertiary alicyclic amines) is 1. The Morgan fingerprint density at radius 2 is 2.16 bits per heavy atom. The second kappa shape index (κ2) is 6.96. The molecule has 2 heterocycles. The first-order valence-corrected chi connectivity index (χ1v) is 9.46. The van der Waals surface area contributed by atoms with E-state index in [1.54, 1.807) is 18.2 Å². The molecule has 0 radical (unpaired) electrons. The fourth-order valence-corrected chi connectivity index (χ4v) is 5.28. The first kappa shape index (κ1) is 16.9. The van der Waals surface area contributed by atoms with E-state index < -0.39 is 5.97 Å². The lowest BCUT2D eigenvalue weighted by Gasteiger charge is -2.37. The molecule has 0 aromatic heterocycles. The van der Waals surface area contributed by atoms with Crippen molar-refractivity contribution in [3.8, 4) is 5.75 Å². The van der Waals surface area contributed by atoms with Crippen molar-refractivity contribution in [3.63, 3.8) is 0 Å². The second-order valence-corrected chi connectivity index (χ2v) is 7.73. The van der Waals surface area contributed by atoms with Gasteiger partial charge < -0.3 is 14.6 Å². The first-order chi connectivity index (χ1) is 12.2. The highest BCUT2D eigenvalue weighted by Gasteiger charge is 2.53. The van der Waals surface area contributed by atoms with Crippen LogP contribution in [0.5, 0.6) is 5.75 Å². The maximum atomic E-state index is 11.1. The molecule has 5 nitrogen and oxygen atoms in total. The molecule has 2 saturated heterocycles. The number of carboxylic acid groups (broad SMARTS) is 1. The molecule has 3 fully saturated rings. The smallest absolute Gasteiger partial charge is 0.335 e. The van der Waals surface area contributed by atoms with E-state index in [4.69, 9.17) is 14.6 Å². The Hall–Kier alpha value is -1.59. The molecular weight excluding hydrogens is 318 g/mol. The van der Waals surface area contributed by atoms with E-state index >= 15 is 0 Å². The van der Waals surface area contributed by atoms with Crippen molar-refractivity contribution < 1.29 is 19.4 Å². The Morgan fingerprint density at radius 3 is 2.96 bits per heavy atom. The Morgan fingerprint density at radius 1 is 1.32 bits per heavy atom. The van der Waals surface area contributed by atoms with Crippen molar-refractivity contribution in [2.75, 3.05) is 32.9 Å². The molecule has 1 aromatic carbocycles. The standard InChI is InChI=1S/C20H27NO4/c22-19(23)15-3-1-4-16(13-15)25-12-9-21-14-20(7-10-24-11-8-20)17-5-2-6-18(17)21/h1,3-4,13,17-18H,2,5-12,14H2,(H,22,23)/t17-,18+/m1/s1. The van der Waals surface area contributed by atoms with Gasteiger partial charge in [0, 0.05) is 32.3 Å². The summed E-state index contributed by atoms with van der Waals surface area (Å²) in [6.45, 7) is 4.52. The lowest BCUT2D eigenvalue weighted by atomic mass is 9.71. The number of carbonyl (C=O) groups is 1. The van der Waals surface area contributed by atoms with E-state index in [0.29, 0.717) is 23.8 Å². The van der Waals surface area contributed by atoms with Gasteiger partial charge in [-0.2, -0.15) is 0 Å². The fourth-order valence-electron chi connectivity index (χ4n) is 5.28. The third kappa shape index (κ3) is 3.27. The summed E-state index contributed by atoms with van der Waals surface area (Å²) in [5, 5.41) is 9.08. The second-order valence-electron chi connectivity index (χ2n) is 7.73. The van der Waals surface area contributed by atoms with Crippen LogP contribution in [0.3, 0.4) is 0 Å². The van der Waals surface area contributed by atoms with Gasteiger partial charge in [0.25, 0.3) is 0 Å². The molecule has 3 aliphatic rings. The Labute approximate surface area is 148 Å². The molecule has 4 rings (SSSR count). The van der Waals surface area contributed by atoms with Crippen LogP contribution in [-0.4, -0.2) is 54.9 Å². The van der Waals surface area contributed by atoms with Crippen molar-refractivity contribution >= 4 is 5.97 Å². The molecule has 5 heteroatoms.